The van der Waals surface area contributed by atoms with Crippen molar-refractivity contribution in [3.63, 3.8) is 0 Å². The van der Waals surface area contributed by atoms with E-state index in [0.29, 0.717) is 24.1 Å². The van der Waals surface area contributed by atoms with Gasteiger partial charge in [0.15, 0.2) is 5.65 Å². The van der Waals surface area contributed by atoms with Crippen LogP contribution in [-0.2, 0) is 18.4 Å². The second-order valence-corrected chi connectivity index (χ2v) is 7.86. The Labute approximate surface area is 174 Å². The Morgan fingerprint density at radius 1 is 1.20 bits per heavy atom. The highest BCUT2D eigenvalue weighted by Gasteiger charge is 2.23. The number of carboxylic acid groups (broad SMARTS) is 1. The first-order valence-corrected chi connectivity index (χ1v) is 10.2. The van der Waals surface area contributed by atoms with Crippen LogP contribution in [0.5, 0.6) is 0 Å². The minimum atomic E-state index is -0.908. The van der Waals surface area contributed by atoms with Crippen molar-refractivity contribution in [1.29, 1.82) is 0 Å². The molecule has 0 aliphatic heterocycles. The van der Waals surface area contributed by atoms with E-state index in [9.17, 15) is 14.7 Å². The minimum absolute atomic E-state index is 0.0882. The third-order valence-corrected chi connectivity index (χ3v) is 5.75. The second-order valence-electron chi connectivity index (χ2n) is 7.86. The molecule has 3 heterocycles. The number of carboxylic acids is 1. The number of pyridine rings is 1. The Kier molecular flexibility index (Phi) is 5.20. The van der Waals surface area contributed by atoms with Crippen LogP contribution >= 0.6 is 0 Å². The van der Waals surface area contributed by atoms with Gasteiger partial charge in [0.2, 0.25) is 0 Å². The van der Waals surface area contributed by atoms with Gasteiger partial charge in [0.25, 0.3) is 0 Å². The van der Waals surface area contributed by atoms with Gasteiger partial charge < -0.3 is 9.67 Å². The maximum Gasteiger partial charge on any atom is 0.330 e. The molecular weight excluding hydrogens is 380 g/mol. The zero-order valence-corrected chi connectivity index (χ0v) is 17.5. The van der Waals surface area contributed by atoms with Crippen LogP contribution in [0.4, 0.5) is 0 Å². The summed E-state index contributed by atoms with van der Waals surface area (Å²) in [5, 5.41) is 10.5. The summed E-state index contributed by atoms with van der Waals surface area (Å²) in [5.74, 6) is -0.908. The quantitative estimate of drug-likeness (QED) is 0.505. The molecule has 0 spiro atoms. The maximum absolute atomic E-state index is 13.5. The van der Waals surface area contributed by atoms with Crippen molar-refractivity contribution in [2.45, 2.75) is 45.7 Å². The van der Waals surface area contributed by atoms with Crippen LogP contribution in [-0.4, -0.2) is 29.8 Å². The summed E-state index contributed by atoms with van der Waals surface area (Å²) in [5.41, 5.74) is 4.36. The fourth-order valence-electron chi connectivity index (χ4n) is 4.48. The molecule has 30 heavy (non-hydrogen) atoms. The van der Waals surface area contributed by atoms with E-state index in [2.05, 4.69) is 34.8 Å². The van der Waals surface area contributed by atoms with Gasteiger partial charge in [-0.1, -0.05) is 25.5 Å². The van der Waals surface area contributed by atoms with Crippen LogP contribution in [0.3, 0.4) is 0 Å². The molecule has 156 valence electrons. The van der Waals surface area contributed by atoms with E-state index in [4.69, 9.17) is 0 Å². The zero-order chi connectivity index (χ0) is 21.4. The molecule has 1 aromatic carbocycles. The summed E-state index contributed by atoms with van der Waals surface area (Å²) in [6, 6.07) is 9.40. The van der Waals surface area contributed by atoms with Gasteiger partial charge in [0.1, 0.15) is 0 Å². The first kappa shape index (κ1) is 19.9. The van der Waals surface area contributed by atoms with E-state index >= 15 is 0 Å². The third kappa shape index (κ3) is 3.30. The molecule has 7 nitrogen and oxygen atoms in total. The Balaban J connectivity index is 1.90. The first-order chi connectivity index (χ1) is 14.4. The molecule has 0 saturated heterocycles. The molecule has 0 aliphatic rings. The average Bonchev–Trinajstić information content (AvgIpc) is 3.17. The lowest BCUT2D eigenvalue weighted by molar-refractivity contribution is -0.137. The van der Waals surface area contributed by atoms with Crippen molar-refractivity contribution in [1.82, 2.24) is 18.7 Å². The van der Waals surface area contributed by atoms with Crippen molar-refractivity contribution in [3.05, 3.63) is 64.3 Å². The van der Waals surface area contributed by atoms with Crippen LogP contribution in [0, 0.1) is 6.92 Å². The van der Waals surface area contributed by atoms with Gasteiger partial charge in [-0.3, -0.25) is 13.9 Å². The number of imidazole rings is 1. The van der Waals surface area contributed by atoms with Gasteiger partial charge in [-0.05, 0) is 42.7 Å². The molecule has 1 N–H and O–H groups in total. The van der Waals surface area contributed by atoms with Gasteiger partial charge in [-0.25, -0.2) is 9.78 Å². The fourth-order valence-corrected chi connectivity index (χ4v) is 4.48. The number of carbonyl (C=O) groups is 1. The van der Waals surface area contributed by atoms with Crippen molar-refractivity contribution >= 4 is 28.0 Å². The molecular formula is C23H26N4O3. The smallest absolute Gasteiger partial charge is 0.330 e. The second kappa shape index (κ2) is 7.82. The normalized spacial score (nSPS) is 12.6. The lowest BCUT2D eigenvalue weighted by Gasteiger charge is -2.15. The molecule has 0 amide bonds. The molecule has 4 aromatic rings. The standard InChI is InChI=1S/C23H26N4O3/c1-4-7-17(12-20(28)29)27-19-10-6-11-24-22(19)26(23(27)30)14-16-13-25(3)18-9-5-8-15(2)21(16)18/h5-6,8-11,13,17H,4,7,12,14H2,1-3H3,(H,28,29)/t17-/m0/s1. The van der Waals surface area contributed by atoms with Crippen LogP contribution in [0.1, 0.15) is 43.4 Å². The Morgan fingerprint density at radius 2 is 1.97 bits per heavy atom. The molecule has 0 aliphatic carbocycles. The summed E-state index contributed by atoms with van der Waals surface area (Å²) < 4.78 is 5.36. The molecule has 0 unspecified atom stereocenters. The average molecular weight is 406 g/mol. The fraction of sp³-hybridized carbons (Fsp3) is 0.348. The van der Waals surface area contributed by atoms with Crippen LogP contribution in [0.25, 0.3) is 22.1 Å². The number of aromatic nitrogens is 4. The summed E-state index contributed by atoms with van der Waals surface area (Å²) in [6.07, 6.45) is 5.04. The van der Waals surface area contributed by atoms with Gasteiger partial charge in [0, 0.05) is 36.4 Å². The topological polar surface area (TPSA) is 82.0 Å². The monoisotopic (exact) mass is 406 g/mol. The zero-order valence-electron chi connectivity index (χ0n) is 17.5. The Morgan fingerprint density at radius 3 is 2.70 bits per heavy atom. The lowest BCUT2D eigenvalue weighted by atomic mass is 10.1. The summed E-state index contributed by atoms with van der Waals surface area (Å²) in [6.45, 7) is 4.45. The number of benzene rings is 1. The van der Waals surface area contributed by atoms with E-state index in [1.807, 2.05) is 26.1 Å². The van der Waals surface area contributed by atoms with Gasteiger partial charge in [-0.15, -0.1) is 0 Å². The number of rotatable bonds is 7. The highest BCUT2D eigenvalue weighted by atomic mass is 16.4. The molecule has 0 radical (unpaired) electrons. The highest BCUT2D eigenvalue weighted by molar-refractivity contribution is 5.87. The van der Waals surface area contributed by atoms with Gasteiger partial charge in [-0.2, -0.15) is 0 Å². The highest BCUT2D eigenvalue weighted by Crippen LogP contribution is 2.27. The number of hydrogen-bond acceptors (Lipinski definition) is 3. The van der Waals surface area contributed by atoms with E-state index < -0.39 is 12.0 Å². The van der Waals surface area contributed by atoms with E-state index in [0.717, 1.165) is 28.5 Å². The van der Waals surface area contributed by atoms with E-state index in [1.165, 1.54) is 0 Å². The number of aliphatic carboxylic acids is 1. The Bertz CT molecular complexity index is 1300. The third-order valence-electron chi connectivity index (χ3n) is 5.75. The minimum Gasteiger partial charge on any atom is -0.481 e. The van der Waals surface area contributed by atoms with E-state index in [-0.39, 0.29) is 12.1 Å². The van der Waals surface area contributed by atoms with Crippen molar-refractivity contribution in [3.8, 4) is 0 Å². The summed E-state index contributed by atoms with van der Waals surface area (Å²) in [4.78, 5) is 29.4. The molecule has 0 fully saturated rings. The van der Waals surface area contributed by atoms with Gasteiger partial charge >= 0.3 is 11.7 Å². The molecule has 0 bridgehead atoms. The van der Waals surface area contributed by atoms with Crippen LogP contribution < -0.4 is 5.69 Å². The molecule has 0 saturated carbocycles. The van der Waals surface area contributed by atoms with Crippen LogP contribution in [0.15, 0.2) is 47.5 Å². The first-order valence-electron chi connectivity index (χ1n) is 10.2. The molecule has 7 heteroatoms. The number of hydrogen-bond donors (Lipinski definition) is 1. The molecule has 1 atom stereocenters. The summed E-state index contributed by atoms with van der Waals surface area (Å²) >= 11 is 0. The van der Waals surface area contributed by atoms with Crippen LogP contribution in [0.2, 0.25) is 0 Å². The van der Waals surface area contributed by atoms with Gasteiger partial charge in [0.05, 0.1) is 18.5 Å². The number of aryl methyl sites for hydroxylation is 2. The van der Waals surface area contributed by atoms with Crippen molar-refractivity contribution in [2.24, 2.45) is 7.05 Å². The summed E-state index contributed by atoms with van der Waals surface area (Å²) in [7, 11) is 2.00. The van der Waals surface area contributed by atoms with E-state index in [1.54, 1.807) is 21.4 Å². The largest absolute Gasteiger partial charge is 0.481 e. The molecule has 3 aromatic heterocycles. The number of fused-ring (bicyclic) bond motifs is 2. The predicted octanol–water partition coefficient (Wildman–Crippen LogP) is 3.86. The Hall–Kier alpha value is -3.35. The predicted molar refractivity (Wildman–Crippen MR) is 117 cm³/mol. The van der Waals surface area contributed by atoms with Crippen molar-refractivity contribution < 1.29 is 9.90 Å². The van der Waals surface area contributed by atoms with Crippen molar-refractivity contribution in [2.75, 3.05) is 0 Å². The number of nitrogens with zero attached hydrogens (tertiary/aromatic N) is 4. The SMILES string of the molecule is CCC[C@@H](CC(=O)O)n1c(=O)n(Cc2cn(C)c3cccc(C)c23)c2ncccc21. The lowest BCUT2D eigenvalue weighted by Crippen LogP contribution is -2.29. The maximum atomic E-state index is 13.5. The molecule has 4 rings (SSSR count).